The van der Waals surface area contributed by atoms with Crippen molar-refractivity contribution in [1.29, 1.82) is 0 Å². The molecule has 4 nitrogen and oxygen atoms in total. The van der Waals surface area contributed by atoms with Crippen LogP contribution in [0.2, 0.25) is 0 Å². The van der Waals surface area contributed by atoms with Gasteiger partial charge in [0.1, 0.15) is 0 Å². The standard InChI is InChI=1S/C11H15NO3S/c1-8-7-9(10(13)5-6-12)3-4-11(8)16(2,14)15/h3-4,7H,5-6,12H2,1-2H3. The van der Waals surface area contributed by atoms with Crippen LogP contribution in [-0.2, 0) is 9.84 Å². The summed E-state index contributed by atoms with van der Waals surface area (Å²) in [5.41, 5.74) is 6.39. The third-order valence-electron chi connectivity index (χ3n) is 2.27. The lowest BCUT2D eigenvalue weighted by Gasteiger charge is -2.05. The molecule has 0 aliphatic carbocycles. The molecule has 0 fully saturated rings. The molecular weight excluding hydrogens is 226 g/mol. The van der Waals surface area contributed by atoms with E-state index in [1.165, 1.54) is 12.1 Å². The average Bonchev–Trinajstić information content (AvgIpc) is 2.16. The molecule has 0 aromatic heterocycles. The van der Waals surface area contributed by atoms with Crippen molar-refractivity contribution in [2.75, 3.05) is 12.8 Å². The summed E-state index contributed by atoms with van der Waals surface area (Å²) in [4.78, 5) is 11.8. The van der Waals surface area contributed by atoms with E-state index in [-0.39, 0.29) is 17.1 Å². The number of Topliss-reactive ketones (excluding diaryl/α,β-unsaturated/α-hetero) is 1. The SMILES string of the molecule is Cc1cc(C(=O)CCN)ccc1S(C)(=O)=O. The van der Waals surface area contributed by atoms with Gasteiger partial charge in [0.15, 0.2) is 15.6 Å². The van der Waals surface area contributed by atoms with E-state index in [0.717, 1.165) is 6.26 Å². The van der Waals surface area contributed by atoms with Crippen LogP contribution >= 0.6 is 0 Å². The number of carbonyl (C=O) groups excluding carboxylic acids is 1. The van der Waals surface area contributed by atoms with E-state index in [4.69, 9.17) is 5.73 Å². The first-order chi connectivity index (χ1) is 7.36. The van der Waals surface area contributed by atoms with Crippen molar-refractivity contribution in [2.45, 2.75) is 18.2 Å². The maximum Gasteiger partial charge on any atom is 0.175 e. The first-order valence-corrected chi connectivity index (χ1v) is 6.79. The van der Waals surface area contributed by atoms with Crippen LogP contribution in [0.4, 0.5) is 0 Å². The van der Waals surface area contributed by atoms with Crippen molar-refractivity contribution in [3.8, 4) is 0 Å². The second-order valence-corrected chi connectivity index (χ2v) is 5.70. The summed E-state index contributed by atoms with van der Waals surface area (Å²) < 4.78 is 22.7. The predicted octanol–water partition coefficient (Wildman–Crippen LogP) is 0.930. The minimum Gasteiger partial charge on any atom is -0.330 e. The van der Waals surface area contributed by atoms with E-state index < -0.39 is 9.84 Å². The molecule has 0 spiro atoms. The fraction of sp³-hybridized carbons (Fsp3) is 0.364. The maximum atomic E-state index is 11.5. The van der Waals surface area contributed by atoms with Crippen LogP contribution in [0.25, 0.3) is 0 Å². The van der Waals surface area contributed by atoms with Crippen LogP contribution in [0.15, 0.2) is 23.1 Å². The number of sulfone groups is 1. The van der Waals surface area contributed by atoms with Crippen molar-refractivity contribution in [2.24, 2.45) is 5.73 Å². The zero-order chi connectivity index (χ0) is 12.3. The highest BCUT2D eigenvalue weighted by molar-refractivity contribution is 7.90. The van der Waals surface area contributed by atoms with Crippen molar-refractivity contribution < 1.29 is 13.2 Å². The lowest BCUT2D eigenvalue weighted by Crippen LogP contribution is -2.09. The Labute approximate surface area is 95.4 Å². The van der Waals surface area contributed by atoms with Gasteiger partial charge in [-0.2, -0.15) is 0 Å². The highest BCUT2D eigenvalue weighted by Gasteiger charge is 2.13. The molecule has 0 radical (unpaired) electrons. The number of carbonyl (C=O) groups is 1. The van der Waals surface area contributed by atoms with Crippen molar-refractivity contribution in [3.63, 3.8) is 0 Å². The molecule has 0 saturated heterocycles. The Morgan fingerprint density at radius 3 is 2.44 bits per heavy atom. The van der Waals surface area contributed by atoms with E-state index >= 15 is 0 Å². The molecule has 2 N–H and O–H groups in total. The Morgan fingerprint density at radius 2 is 2.00 bits per heavy atom. The first kappa shape index (κ1) is 12.9. The Hall–Kier alpha value is -1.20. The van der Waals surface area contributed by atoms with Gasteiger partial charge in [0.05, 0.1) is 4.90 Å². The summed E-state index contributed by atoms with van der Waals surface area (Å²) in [7, 11) is -3.22. The lowest BCUT2D eigenvalue weighted by atomic mass is 10.1. The van der Waals surface area contributed by atoms with Crippen LogP contribution in [0.3, 0.4) is 0 Å². The number of hydrogen-bond acceptors (Lipinski definition) is 4. The Bertz CT molecular complexity index is 506. The van der Waals surface area contributed by atoms with Gasteiger partial charge in [-0.1, -0.05) is 6.07 Å². The van der Waals surface area contributed by atoms with Crippen LogP contribution in [0.1, 0.15) is 22.3 Å². The normalized spacial score (nSPS) is 11.4. The van der Waals surface area contributed by atoms with E-state index in [0.29, 0.717) is 17.7 Å². The van der Waals surface area contributed by atoms with Gasteiger partial charge in [-0.05, 0) is 31.2 Å². The quantitative estimate of drug-likeness (QED) is 0.795. The molecule has 0 amide bonds. The summed E-state index contributed by atoms with van der Waals surface area (Å²) in [6.07, 6.45) is 1.42. The van der Waals surface area contributed by atoms with E-state index in [1.54, 1.807) is 13.0 Å². The maximum absolute atomic E-state index is 11.5. The van der Waals surface area contributed by atoms with Gasteiger partial charge < -0.3 is 5.73 Å². The van der Waals surface area contributed by atoms with Crippen LogP contribution in [0, 0.1) is 6.92 Å². The summed E-state index contributed by atoms with van der Waals surface area (Å²) >= 11 is 0. The van der Waals surface area contributed by atoms with Gasteiger partial charge in [0.25, 0.3) is 0 Å². The van der Waals surface area contributed by atoms with Gasteiger partial charge in [-0.15, -0.1) is 0 Å². The fourth-order valence-electron chi connectivity index (χ4n) is 1.51. The molecule has 16 heavy (non-hydrogen) atoms. The number of benzene rings is 1. The van der Waals surface area contributed by atoms with E-state index in [9.17, 15) is 13.2 Å². The third kappa shape index (κ3) is 2.90. The second-order valence-electron chi connectivity index (χ2n) is 3.71. The zero-order valence-corrected chi connectivity index (χ0v) is 10.2. The Kier molecular flexibility index (Phi) is 3.83. The van der Waals surface area contributed by atoms with Crippen molar-refractivity contribution >= 4 is 15.6 Å². The monoisotopic (exact) mass is 241 g/mol. The summed E-state index contributed by atoms with van der Waals surface area (Å²) in [6.45, 7) is 1.97. The highest BCUT2D eigenvalue weighted by Crippen LogP contribution is 2.17. The molecule has 88 valence electrons. The molecule has 0 unspecified atom stereocenters. The summed E-state index contributed by atoms with van der Waals surface area (Å²) in [6, 6.07) is 4.59. The van der Waals surface area contributed by atoms with Crippen LogP contribution in [0.5, 0.6) is 0 Å². The minimum absolute atomic E-state index is 0.0642. The largest absolute Gasteiger partial charge is 0.330 e. The molecule has 1 aromatic rings. The number of aryl methyl sites for hydroxylation is 1. The summed E-state index contributed by atoms with van der Waals surface area (Å²) in [5.74, 6) is -0.0642. The predicted molar refractivity (Wildman–Crippen MR) is 62.3 cm³/mol. The smallest absolute Gasteiger partial charge is 0.175 e. The molecule has 5 heteroatoms. The Balaban J connectivity index is 3.14. The topological polar surface area (TPSA) is 77.2 Å². The molecule has 1 aromatic carbocycles. The van der Waals surface area contributed by atoms with Gasteiger partial charge in [0.2, 0.25) is 0 Å². The molecular formula is C11H15NO3S. The number of rotatable bonds is 4. The van der Waals surface area contributed by atoms with Crippen molar-refractivity contribution in [1.82, 2.24) is 0 Å². The molecule has 0 aliphatic rings. The fourth-order valence-corrected chi connectivity index (χ4v) is 2.47. The van der Waals surface area contributed by atoms with E-state index in [1.807, 2.05) is 0 Å². The third-order valence-corrected chi connectivity index (χ3v) is 3.52. The van der Waals surface area contributed by atoms with Crippen LogP contribution in [-0.4, -0.2) is 27.0 Å². The van der Waals surface area contributed by atoms with Gasteiger partial charge >= 0.3 is 0 Å². The minimum atomic E-state index is -3.22. The molecule has 0 bridgehead atoms. The van der Waals surface area contributed by atoms with Gasteiger partial charge in [0, 0.05) is 18.2 Å². The van der Waals surface area contributed by atoms with E-state index in [2.05, 4.69) is 0 Å². The second kappa shape index (κ2) is 4.76. The van der Waals surface area contributed by atoms with Gasteiger partial charge in [-0.25, -0.2) is 8.42 Å². The number of nitrogens with two attached hydrogens (primary N) is 1. The lowest BCUT2D eigenvalue weighted by molar-refractivity contribution is 0.0985. The molecule has 0 aliphatic heterocycles. The Morgan fingerprint density at radius 1 is 1.38 bits per heavy atom. The van der Waals surface area contributed by atoms with Crippen molar-refractivity contribution in [3.05, 3.63) is 29.3 Å². The molecule has 0 saturated carbocycles. The molecule has 0 atom stereocenters. The highest BCUT2D eigenvalue weighted by atomic mass is 32.2. The van der Waals surface area contributed by atoms with Crippen LogP contribution < -0.4 is 5.73 Å². The average molecular weight is 241 g/mol. The number of ketones is 1. The molecule has 1 rings (SSSR count). The summed E-state index contributed by atoms with van der Waals surface area (Å²) in [5, 5.41) is 0. The number of hydrogen-bond donors (Lipinski definition) is 1. The van der Waals surface area contributed by atoms with Gasteiger partial charge in [-0.3, -0.25) is 4.79 Å². The molecule has 0 heterocycles. The zero-order valence-electron chi connectivity index (χ0n) is 9.36. The first-order valence-electron chi connectivity index (χ1n) is 4.90.